The highest BCUT2D eigenvalue weighted by molar-refractivity contribution is 6.70. The van der Waals surface area contributed by atoms with Gasteiger partial charge in [0.15, 0.2) is 0 Å². The Morgan fingerprint density at radius 1 is 1.50 bits per heavy atom. The summed E-state index contributed by atoms with van der Waals surface area (Å²) >= 11 is 0. The van der Waals surface area contributed by atoms with Crippen LogP contribution in [0.4, 0.5) is 0 Å². The number of hydrogen-bond acceptors (Lipinski definition) is 1. The summed E-state index contributed by atoms with van der Waals surface area (Å²) in [5.41, 5.74) is 1.66. The van der Waals surface area contributed by atoms with E-state index in [0.717, 1.165) is 19.2 Å². The quantitative estimate of drug-likeness (QED) is 0.498. The zero-order valence-electron chi connectivity index (χ0n) is 11.4. The van der Waals surface area contributed by atoms with Crippen LogP contribution in [-0.4, -0.2) is 6.71 Å². The molecule has 1 rings (SSSR count). The zero-order chi connectivity index (χ0) is 12.6. The van der Waals surface area contributed by atoms with E-state index in [9.17, 15) is 0 Å². The Kier molecular flexibility index (Phi) is 3.57. The molecule has 1 aliphatic heterocycles. The van der Waals surface area contributed by atoms with Gasteiger partial charge in [-0.25, -0.2) is 5.26 Å². The number of hydrogen-bond donors (Lipinski definition) is 0. The summed E-state index contributed by atoms with van der Waals surface area (Å²) in [5.74, 6) is 3.02. The molecule has 1 unspecified atom stereocenters. The van der Waals surface area contributed by atoms with Crippen LogP contribution in [0, 0.1) is 22.6 Å². The van der Waals surface area contributed by atoms with Crippen LogP contribution in [0.25, 0.3) is 0 Å². The number of nitriles is 1. The van der Waals surface area contributed by atoms with Crippen molar-refractivity contribution in [3.63, 3.8) is 0 Å². The zero-order valence-corrected chi connectivity index (χ0v) is 11.4. The van der Waals surface area contributed by atoms with Gasteiger partial charge in [-0.2, -0.15) is 0 Å². The molecule has 0 bridgehead atoms. The largest absolute Gasteiger partial charge is 0.274 e. The monoisotopic (exact) mass is 217 g/mol. The topological polar surface area (TPSA) is 23.8 Å². The second kappa shape index (κ2) is 4.28. The Bertz CT molecular complexity index is 317. The lowest BCUT2D eigenvalue weighted by molar-refractivity contribution is 0.385. The van der Waals surface area contributed by atoms with Crippen LogP contribution in [0.2, 0.25) is 11.6 Å². The average Bonchev–Trinajstić information content (AvgIpc) is 2.37. The highest BCUT2D eigenvalue weighted by atomic mass is 14.3. The summed E-state index contributed by atoms with van der Waals surface area (Å²) in [6.45, 7) is 15.6. The van der Waals surface area contributed by atoms with Crippen LogP contribution in [0.15, 0.2) is 12.2 Å². The van der Waals surface area contributed by atoms with Crippen molar-refractivity contribution >= 4 is 6.71 Å². The lowest BCUT2D eigenvalue weighted by Crippen LogP contribution is -2.19. The van der Waals surface area contributed by atoms with Crippen LogP contribution in [-0.2, 0) is 0 Å². The van der Waals surface area contributed by atoms with E-state index in [0.29, 0.717) is 11.3 Å². The average molecular weight is 217 g/mol. The van der Waals surface area contributed by atoms with Gasteiger partial charge in [-0.3, -0.25) is 0 Å². The van der Waals surface area contributed by atoms with E-state index >= 15 is 0 Å². The number of rotatable bonds is 2. The second-order valence-electron chi connectivity index (χ2n) is 7.20. The molecule has 2 heteroatoms. The highest BCUT2D eigenvalue weighted by Crippen LogP contribution is 2.50. The minimum atomic E-state index is 0.167. The lowest BCUT2D eigenvalue weighted by Gasteiger charge is -2.24. The first kappa shape index (κ1) is 13.4. The minimum absolute atomic E-state index is 0.167. The normalized spacial score (nSPS) is 24.2. The van der Waals surface area contributed by atoms with Gasteiger partial charge in [0, 0.05) is 5.97 Å². The van der Waals surface area contributed by atoms with Crippen molar-refractivity contribution in [1.29, 1.82) is 5.26 Å². The third-order valence-electron chi connectivity index (χ3n) is 3.73. The Morgan fingerprint density at radius 2 is 2.06 bits per heavy atom. The van der Waals surface area contributed by atoms with Gasteiger partial charge >= 0.3 is 0 Å². The Labute approximate surface area is 101 Å². The third kappa shape index (κ3) is 3.14. The fourth-order valence-corrected chi connectivity index (χ4v) is 2.83. The van der Waals surface area contributed by atoms with E-state index in [4.69, 9.17) is 5.26 Å². The molecule has 0 aromatic carbocycles. The van der Waals surface area contributed by atoms with Gasteiger partial charge in [-0.1, -0.05) is 53.1 Å². The first-order chi connectivity index (χ1) is 7.15. The molecule has 1 atom stereocenters. The van der Waals surface area contributed by atoms with Gasteiger partial charge in [0.25, 0.3) is 6.71 Å². The Balaban J connectivity index is 2.66. The first-order valence-electron chi connectivity index (χ1n) is 6.23. The highest BCUT2D eigenvalue weighted by Gasteiger charge is 2.44. The SMILES string of the molecule is C=C(CC(C)(C)C)C1CB(C#N)C(C)(C)C1. The third-order valence-corrected chi connectivity index (χ3v) is 3.73. The van der Waals surface area contributed by atoms with Crippen LogP contribution >= 0.6 is 0 Å². The lowest BCUT2D eigenvalue weighted by atomic mass is 9.37. The van der Waals surface area contributed by atoms with Crippen molar-refractivity contribution in [2.45, 2.75) is 59.1 Å². The summed E-state index contributed by atoms with van der Waals surface area (Å²) in [6.07, 6.45) is 3.21. The molecule has 0 aromatic heterocycles. The molecule has 0 radical (unpaired) electrons. The Hall–Kier alpha value is -0.705. The van der Waals surface area contributed by atoms with Crippen molar-refractivity contribution in [3.8, 4) is 5.97 Å². The predicted octanol–water partition coefficient (Wildman–Crippen LogP) is 4.34. The molecule has 0 saturated carbocycles. The molecule has 1 saturated heterocycles. The molecule has 1 aliphatic rings. The molecule has 1 heterocycles. The van der Waals surface area contributed by atoms with Crippen molar-refractivity contribution in [1.82, 2.24) is 0 Å². The van der Waals surface area contributed by atoms with Gasteiger partial charge in [0.1, 0.15) is 0 Å². The molecule has 0 amide bonds. The van der Waals surface area contributed by atoms with Gasteiger partial charge in [-0.15, -0.1) is 0 Å². The van der Waals surface area contributed by atoms with Crippen LogP contribution in [0.1, 0.15) is 47.5 Å². The molecular formula is C14H24BN. The second-order valence-corrected chi connectivity index (χ2v) is 7.20. The molecule has 1 nitrogen and oxygen atoms in total. The fourth-order valence-electron chi connectivity index (χ4n) is 2.83. The van der Waals surface area contributed by atoms with Gasteiger partial charge in [0.05, 0.1) is 0 Å². The van der Waals surface area contributed by atoms with E-state index in [2.05, 4.69) is 47.2 Å². The van der Waals surface area contributed by atoms with E-state index in [1.165, 1.54) is 5.57 Å². The minimum Gasteiger partial charge on any atom is -0.213 e. The van der Waals surface area contributed by atoms with Gasteiger partial charge < -0.3 is 0 Å². The maximum atomic E-state index is 9.15. The predicted molar refractivity (Wildman–Crippen MR) is 71.5 cm³/mol. The maximum Gasteiger partial charge on any atom is 0.274 e. The fraction of sp³-hybridized carbons (Fsp3) is 0.786. The molecular weight excluding hydrogens is 193 g/mol. The maximum absolute atomic E-state index is 9.15. The summed E-state index contributed by atoms with van der Waals surface area (Å²) in [4.78, 5) is 0. The summed E-state index contributed by atoms with van der Waals surface area (Å²) in [5, 5.41) is 9.32. The van der Waals surface area contributed by atoms with Crippen LogP contribution in [0.3, 0.4) is 0 Å². The molecule has 1 fully saturated rings. The van der Waals surface area contributed by atoms with Crippen molar-refractivity contribution < 1.29 is 0 Å². The van der Waals surface area contributed by atoms with E-state index in [1.54, 1.807) is 0 Å². The molecule has 0 N–H and O–H groups in total. The smallest absolute Gasteiger partial charge is 0.213 e. The van der Waals surface area contributed by atoms with Crippen molar-refractivity contribution in [3.05, 3.63) is 12.2 Å². The molecule has 0 aliphatic carbocycles. The number of nitrogens with zero attached hydrogens (tertiary/aromatic N) is 1. The van der Waals surface area contributed by atoms with Crippen molar-refractivity contribution in [2.24, 2.45) is 11.3 Å². The van der Waals surface area contributed by atoms with E-state index < -0.39 is 0 Å². The molecule has 0 aromatic rings. The molecule has 16 heavy (non-hydrogen) atoms. The standard InChI is InChI=1S/C14H24BN/c1-11(7-13(2,3)4)12-8-14(5,6)15(9-12)10-16/h12H,1,7-9H2,2-6H3. The van der Waals surface area contributed by atoms with E-state index in [1.807, 2.05) is 0 Å². The molecule has 88 valence electrons. The molecule has 0 spiro atoms. The van der Waals surface area contributed by atoms with Crippen molar-refractivity contribution in [2.75, 3.05) is 0 Å². The van der Waals surface area contributed by atoms with Gasteiger partial charge in [-0.05, 0) is 29.5 Å². The van der Waals surface area contributed by atoms with E-state index in [-0.39, 0.29) is 12.0 Å². The number of allylic oxidation sites excluding steroid dienone is 1. The van der Waals surface area contributed by atoms with Gasteiger partial charge in [0.2, 0.25) is 0 Å². The van der Waals surface area contributed by atoms with Crippen LogP contribution < -0.4 is 0 Å². The first-order valence-corrected chi connectivity index (χ1v) is 6.23. The summed E-state index contributed by atoms with van der Waals surface area (Å²) in [7, 11) is 0. The Morgan fingerprint density at radius 3 is 2.44 bits per heavy atom. The summed E-state index contributed by atoms with van der Waals surface area (Å²) in [6, 6.07) is 0. The van der Waals surface area contributed by atoms with Crippen LogP contribution in [0.5, 0.6) is 0 Å². The summed E-state index contributed by atoms with van der Waals surface area (Å²) < 4.78 is 0.